The molecule has 0 unspecified atom stereocenters. The Bertz CT molecular complexity index is 779. The van der Waals surface area contributed by atoms with E-state index < -0.39 is 11.6 Å². The van der Waals surface area contributed by atoms with E-state index in [1.165, 1.54) is 44.0 Å². The summed E-state index contributed by atoms with van der Waals surface area (Å²) < 4.78 is 33.5. The van der Waals surface area contributed by atoms with Crippen molar-refractivity contribution in [2.75, 3.05) is 36.6 Å². The molecule has 8 heteroatoms. The number of anilines is 1. The summed E-state index contributed by atoms with van der Waals surface area (Å²) >= 11 is 1.66. The molecule has 5 nitrogen and oxygen atoms in total. The highest BCUT2D eigenvalue weighted by Gasteiger charge is 2.21. The molecule has 1 aromatic carbocycles. The van der Waals surface area contributed by atoms with Gasteiger partial charge < -0.3 is 20.4 Å². The van der Waals surface area contributed by atoms with Crippen molar-refractivity contribution in [2.24, 2.45) is 10.9 Å². The van der Waals surface area contributed by atoms with E-state index in [0.29, 0.717) is 36.2 Å². The maximum absolute atomic E-state index is 14.1. The monoisotopic (exact) mass is 452 g/mol. The summed E-state index contributed by atoms with van der Waals surface area (Å²) in [4.78, 5) is 6.43. The zero-order valence-electron chi connectivity index (χ0n) is 18.7. The summed E-state index contributed by atoms with van der Waals surface area (Å²) in [5, 5.41) is 10.6. The predicted molar refractivity (Wildman–Crippen MR) is 127 cm³/mol. The molecule has 0 aromatic heterocycles. The molecule has 0 atom stereocenters. The van der Waals surface area contributed by atoms with Crippen molar-refractivity contribution in [3.63, 3.8) is 0 Å². The van der Waals surface area contributed by atoms with Crippen molar-refractivity contribution in [1.82, 2.24) is 5.32 Å². The Morgan fingerprint density at radius 3 is 2.68 bits per heavy atom. The van der Waals surface area contributed by atoms with Gasteiger partial charge in [-0.1, -0.05) is 12.8 Å². The molecule has 31 heavy (non-hydrogen) atoms. The van der Waals surface area contributed by atoms with Crippen LogP contribution in [-0.4, -0.2) is 43.8 Å². The normalized spacial score (nSPS) is 15.3. The third kappa shape index (κ3) is 8.16. The number of benzene rings is 1. The van der Waals surface area contributed by atoms with Crippen molar-refractivity contribution in [1.29, 1.82) is 5.41 Å². The SMILES string of the molecule is CCN(CC1CCCC1)c1cc(F)c(F)cc1CN/C(C)=N/C=C(\C=N)OCCSC. The Morgan fingerprint density at radius 1 is 1.32 bits per heavy atom. The Kier molecular flexibility index (Phi) is 10.8. The number of hydrogen-bond donors (Lipinski definition) is 2. The first kappa shape index (κ1) is 25.2. The van der Waals surface area contributed by atoms with Crippen LogP contribution in [0.4, 0.5) is 14.5 Å². The fourth-order valence-corrected chi connectivity index (χ4v) is 3.95. The van der Waals surface area contributed by atoms with Crippen LogP contribution in [0.15, 0.2) is 29.1 Å². The molecule has 0 saturated heterocycles. The molecule has 1 fully saturated rings. The van der Waals surface area contributed by atoms with E-state index in [1.807, 2.05) is 13.2 Å². The third-order valence-corrected chi connectivity index (χ3v) is 5.99. The summed E-state index contributed by atoms with van der Waals surface area (Å²) in [6, 6.07) is 2.58. The molecule has 2 N–H and O–H groups in total. The van der Waals surface area contributed by atoms with Gasteiger partial charge in [0.05, 0.1) is 24.9 Å². The van der Waals surface area contributed by atoms with Crippen LogP contribution in [0, 0.1) is 23.0 Å². The molecule has 0 radical (unpaired) electrons. The summed E-state index contributed by atoms with van der Waals surface area (Å²) in [7, 11) is 0. The lowest BCUT2D eigenvalue weighted by Gasteiger charge is -2.29. The van der Waals surface area contributed by atoms with E-state index in [-0.39, 0.29) is 0 Å². The van der Waals surface area contributed by atoms with Gasteiger partial charge in [-0.15, -0.1) is 0 Å². The summed E-state index contributed by atoms with van der Waals surface area (Å²) in [5.74, 6) is 0.739. The minimum atomic E-state index is -0.847. The average Bonchev–Trinajstić information content (AvgIpc) is 3.28. The number of ether oxygens (including phenoxy) is 1. The highest BCUT2D eigenvalue weighted by Crippen LogP contribution is 2.30. The fraction of sp³-hybridized carbons (Fsp3) is 0.565. The largest absolute Gasteiger partial charge is 0.490 e. The minimum absolute atomic E-state index is 0.324. The number of aliphatic imine (C=N–C) groups is 1. The van der Waals surface area contributed by atoms with Gasteiger partial charge in [0.2, 0.25) is 0 Å². The van der Waals surface area contributed by atoms with Crippen molar-refractivity contribution in [3.8, 4) is 0 Å². The second-order valence-electron chi connectivity index (χ2n) is 7.67. The van der Waals surface area contributed by atoms with Gasteiger partial charge in [0.15, 0.2) is 17.4 Å². The molecule has 0 amide bonds. The first-order chi connectivity index (χ1) is 15.0. The Labute approximate surface area is 188 Å². The van der Waals surface area contributed by atoms with Crippen LogP contribution >= 0.6 is 11.8 Å². The second kappa shape index (κ2) is 13.3. The number of nitrogens with one attached hydrogen (secondary N) is 2. The quantitative estimate of drug-likeness (QED) is 0.194. The number of hydrogen-bond acceptors (Lipinski definition) is 5. The zero-order chi connectivity index (χ0) is 22.6. The van der Waals surface area contributed by atoms with Crippen LogP contribution in [0.25, 0.3) is 0 Å². The Hall–Kier alpha value is -2.09. The number of thioether (sulfide) groups is 1. The van der Waals surface area contributed by atoms with E-state index in [1.54, 1.807) is 18.7 Å². The lowest BCUT2D eigenvalue weighted by molar-refractivity contribution is 0.253. The average molecular weight is 453 g/mol. The van der Waals surface area contributed by atoms with Gasteiger partial charge in [-0.3, -0.25) is 0 Å². The molecular weight excluding hydrogens is 418 g/mol. The fourth-order valence-electron chi connectivity index (χ4n) is 3.70. The molecule has 1 aromatic rings. The highest BCUT2D eigenvalue weighted by atomic mass is 32.2. The maximum atomic E-state index is 14.1. The van der Waals surface area contributed by atoms with Gasteiger partial charge in [-0.05, 0) is 50.5 Å². The molecule has 1 saturated carbocycles. The number of amidine groups is 1. The minimum Gasteiger partial charge on any atom is -0.490 e. The van der Waals surface area contributed by atoms with Gasteiger partial charge in [0.25, 0.3) is 0 Å². The van der Waals surface area contributed by atoms with Crippen LogP contribution in [0.3, 0.4) is 0 Å². The van der Waals surface area contributed by atoms with Crippen LogP contribution < -0.4 is 10.2 Å². The van der Waals surface area contributed by atoms with Crippen LogP contribution in [0.5, 0.6) is 0 Å². The number of nitrogens with zero attached hydrogens (tertiary/aromatic N) is 2. The van der Waals surface area contributed by atoms with Crippen LogP contribution in [0.2, 0.25) is 0 Å². The van der Waals surface area contributed by atoms with Gasteiger partial charge in [0, 0.05) is 37.1 Å². The molecule has 0 aliphatic heterocycles. The summed E-state index contributed by atoms with van der Waals surface area (Å²) in [6.45, 7) is 6.26. The lowest BCUT2D eigenvalue weighted by atomic mass is 10.1. The van der Waals surface area contributed by atoms with Crippen molar-refractivity contribution < 1.29 is 13.5 Å². The number of rotatable bonds is 12. The molecule has 2 rings (SSSR count). The van der Waals surface area contributed by atoms with E-state index in [2.05, 4.69) is 15.2 Å². The number of allylic oxidation sites excluding steroid dienone is 1. The molecular formula is C23H34F2N4OS. The van der Waals surface area contributed by atoms with Crippen molar-refractivity contribution in [2.45, 2.75) is 46.1 Å². The maximum Gasteiger partial charge on any atom is 0.160 e. The van der Waals surface area contributed by atoms with Gasteiger partial charge in [0.1, 0.15) is 0 Å². The van der Waals surface area contributed by atoms with E-state index >= 15 is 0 Å². The molecule has 0 bridgehead atoms. The van der Waals surface area contributed by atoms with Gasteiger partial charge in [-0.2, -0.15) is 11.8 Å². The first-order valence-corrected chi connectivity index (χ1v) is 12.2. The van der Waals surface area contributed by atoms with Crippen molar-refractivity contribution in [3.05, 3.63) is 41.3 Å². The van der Waals surface area contributed by atoms with Crippen LogP contribution in [-0.2, 0) is 11.3 Å². The lowest BCUT2D eigenvalue weighted by Crippen LogP contribution is -2.30. The Morgan fingerprint density at radius 2 is 2.03 bits per heavy atom. The predicted octanol–water partition coefficient (Wildman–Crippen LogP) is 5.36. The topological polar surface area (TPSA) is 60.7 Å². The van der Waals surface area contributed by atoms with Crippen LogP contribution in [0.1, 0.15) is 45.1 Å². The highest BCUT2D eigenvalue weighted by molar-refractivity contribution is 7.98. The van der Waals surface area contributed by atoms with Gasteiger partial charge in [-0.25, -0.2) is 13.8 Å². The first-order valence-electron chi connectivity index (χ1n) is 10.8. The molecule has 1 aliphatic carbocycles. The summed E-state index contributed by atoms with van der Waals surface area (Å²) in [5.41, 5.74) is 1.42. The third-order valence-electron chi connectivity index (χ3n) is 5.42. The smallest absolute Gasteiger partial charge is 0.160 e. The standard InChI is InChI=1S/C23H34F2N4OS/c1-4-29(16-18-7-5-6-8-18)23-12-22(25)21(24)11-19(23)14-27-17(2)28-15-20(13-26)30-9-10-31-3/h11-13,15,18,26H,4-10,14,16H2,1-3H3,(H,27,28)/b20-15+,26-13?. The van der Waals surface area contributed by atoms with E-state index in [9.17, 15) is 8.78 Å². The zero-order valence-corrected chi connectivity index (χ0v) is 19.5. The van der Waals surface area contributed by atoms with Crippen molar-refractivity contribution >= 4 is 29.5 Å². The number of halogens is 2. The molecule has 1 aliphatic rings. The molecule has 0 spiro atoms. The van der Waals surface area contributed by atoms with E-state index in [0.717, 1.165) is 30.7 Å². The van der Waals surface area contributed by atoms with E-state index in [4.69, 9.17) is 10.1 Å². The summed E-state index contributed by atoms with van der Waals surface area (Å²) in [6.07, 6.45) is 9.48. The Balaban J connectivity index is 2.10. The molecule has 172 valence electrons. The molecule has 0 heterocycles. The second-order valence-corrected chi connectivity index (χ2v) is 8.65. The van der Waals surface area contributed by atoms with Gasteiger partial charge >= 0.3 is 0 Å².